The third-order valence-electron chi connectivity index (χ3n) is 10.1. The molecule has 60 heavy (non-hydrogen) atoms. The average Bonchev–Trinajstić information content (AvgIpc) is 3.25. The topological polar surface area (TPSA) is 188 Å². The summed E-state index contributed by atoms with van der Waals surface area (Å²) in [6.07, 6.45) is 0.939. The van der Waals surface area contributed by atoms with Crippen LogP contribution in [-0.2, 0) is 57.7 Å². The lowest BCUT2D eigenvalue weighted by molar-refractivity contribution is -0.173. The highest BCUT2D eigenvalue weighted by Crippen LogP contribution is 2.22. The lowest BCUT2D eigenvalue weighted by Gasteiger charge is -2.41. The van der Waals surface area contributed by atoms with Crippen LogP contribution in [0.15, 0.2) is 84.9 Å². The molecule has 322 valence electrons. The van der Waals surface area contributed by atoms with Crippen LogP contribution in [0, 0.1) is 0 Å². The monoisotopic (exact) mass is 830 g/mol. The number of rotatable bonds is 18. The van der Waals surface area contributed by atoms with Crippen molar-refractivity contribution >= 4 is 36.1 Å². The zero-order valence-electron chi connectivity index (χ0n) is 34.1. The van der Waals surface area contributed by atoms with Crippen molar-refractivity contribution in [3.63, 3.8) is 0 Å². The largest absolute Gasteiger partial charge is 0.511 e. The van der Waals surface area contributed by atoms with Crippen LogP contribution in [0.4, 0.5) is 14.4 Å². The molecule has 0 bridgehead atoms. The van der Waals surface area contributed by atoms with E-state index >= 15 is 0 Å². The van der Waals surface area contributed by atoms with Crippen molar-refractivity contribution in [3.05, 3.63) is 102 Å². The molecule has 3 atom stereocenters. The van der Waals surface area contributed by atoms with Crippen LogP contribution in [0.25, 0.3) is 0 Å². The van der Waals surface area contributed by atoms with Gasteiger partial charge in [-0.3, -0.25) is 14.4 Å². The number of nitrogens with one attached hydrogen (secondary N) is 2. The standard InChI is InChI=1S/C44H54N4O12/c1-31(59-44(54)60-36-17-10-5-11-18-36)58-39(49)28-47-25-26-48(38(41(47)51)19-12-24-45-42(52)56-29-33-13-6-3-7-14-33)40(50)37(27-32-20-22-35(55-2)23-21-32)46-43(53)57-30-34-15-8-4-9-16-34/h3-4,6-9,13-16,20-23,31,36-38H,5,10-12,17-19,24-30H2,1-2H3,(H,45,52)(H,46,53). The van der Waals surface area contributed by atoms with E-state index in [1.165, 1.54) is 23.8 Å². The molecular formula is C44H54N4O12. The van der Waals surface area contributed by atoms with Gasteiger partial charge in [-0.2, -0.15) is 0 Å². The number of methoxy groups -OCH3 is 1. The molecule has 1 saturated heterocycles. The molecule has 16 heteroatoms. The first kappa shape index (κ1) is 44.8. The van der Waals surface area contributed by atoms with E-state index in [4.69, 9.17) is 28.4 Å². The smallest absolute Gasteiger partial charge is 0.497 e. The first-order valence-electron chi connectivity index (χ1n) is 20.3. The molecule has 1 aliphatic heterocycles. The lowest BCUT2D eigenvalue weighted by Crippen LogP contribution is -2.63. The average molecular weight is 831 g/mol. The molecule has 0 radical (unpaired) electrons. The number of nitrogens with zero attached hydrogens (tertiary/aromatic N) is 2. The van der Waals surface area contributed by atoms with Gasteiger partial charge in [0, 0.05) is 33.0 Å². The maximum Gasteiger partial charge on any atom is 0.511 e. The number of carbonyl (C=O) groups excluding carboxylic acids is 6. The summed E-state index contributed by atoms with van der Waals surface area (Å²) in [5, 5.41) is 5.38. The third kappa shape index (κ3) is 14.5. The van der Waals surface area contributed by atoms with Crippen molar-refractivity contribution in [1.82, 2.24) is 20.4 Å². The Morgan fingerprint density at radius 1 is 0.767 bits per heavy atom. The van der Waals surface area contributed by atoms with E-state index in [9.17, 15) is 28.8 Å². The van der Waals surface area contributed by atoms with Crippen molar-refractivity contribution in [3.8, 4) is 5.75 Å². The molecule has 0 spiro atoms. The quantitative estimate of drug-likeness (QED) is 0.0695. The van der Waals surface area contributed by atoms with Gasteiger partial charge in [0.05, 0.1) is 7.11 Å². The number of esters is 1. The fraction of sp³-hybridized carbons (Fsp3) is 0.455. The van der Waals surface area contributed by atoms with E-state index < -0.39 is 61.0 Å². The minimum absolute atomic E-state index is 0.00862. The predicted molar refractivity (Wildman–Crippen MR) is 216 cm³/mol. The summed E-state index contributed by atoms with van der Waals surface area (Å²) < 4.78 is 31.8. The summed E-state index contributed by atoms with van der Waals surface area (Å²) >= 11 is 0. The number of alkyl carbamates (subject to hydrolysis) is 2. The minimum atomic E-state index is -1.28. The lowest BCUT2D eigenvalue weighted by atomic mass is 9.98. The molecule has 3 aromatic rings. The van der Waals surface area contributed by atoms with Crippen LogP contribution in [0.5, 0.6) is 5.75 Å². The number of hydrogen-bond donors (Lipinski definition) is 2. The number of carbonyl (C=O) groups is 6. The number of amides is 4. The Morgan fingerprint density at radius 2 is 1.40 bits per heavy atom. The summed E-state index contributed by atoms with van der Waals surface area (Å²) in [7, 11) is 1.54. The molecule has 3 unspecified atom stereocenters. The Hall–Kier alpha value is -6.32. The van der Waals surface area contributed by atoms with E-state index in [0.717, 1.165) is 43.2 Å². The van der Waals surface area contributed by atoms with E-state index in [2.05, 4.69) is 10.6 Å². The Labute approximate surface area is 349 Å². The summed E-state index contributed by atoms with van der Waals surface area (Å²) in [6, 6.07) is 23.0. The van der Waals surface area contributed by atoms with Crippen LogP contribution >= 0.6 is 0 Å². The van der Waals surface area contributed by atoms with Gasteiger partial charge in [0.15, 0.2) is 0 Å². The summed E-state index contributed by atoms with van der Waals surface area (Å²) in [5.74, 6) is -1.31. The van der Waals surface area contributed by atoms with Gasteiger partial charge in [-0.15, -0.1) is 0 Å². The van der Waals surface area contributed by atoms with Crippen LogP contribution in [0.1, 0.15) is 68.6 Å². The van der Waals surface area contributed by atoms with E-state index in [-0.39, 0.29) is 58.2 Å². The molecule has 3 aromatic carbocycles. The maximum absolute atomic E-state index is 14.5. The Kier molecular flexibility index (Phi) is 17.4. The maximum atomic E-state index is 14.5. The second-order valence-electron chi connectivity index (χ2n) is 14.6. The molecule has 1 heterocycles. The molecule has 2 fully saturated rings. The number of piperazine rings is 1. The Bertz CT molecular complexity index is 1860. The number of benzene rings is 3. The van der Waals surface area contributed by atoms with Gasteiger partial charge < -0.3 is 48.9 Å². The van der Waals surface area contributed by atoms with Crippen LogP contribution in [-0.4, -0.2) is 104 Å². The second kappa shape index (κ2) is 23.3. The van der Waals surface area contributed by atoms with Gasteiger partial charge in [-0.05, 0) is 67.3 Å². The predicted octanol–water partition coefficient (Wildman–Crippen LogP) is 5.65. The number of ether oxygens (including phenoxy) is 6. The number of hydrogen-bond acceptors (Lipinski definition) is 12. The summed E-state index contributed by atoms with van der Waals surface area (Å²) in [4.78, 5) is 82.3. The fourth-order valence-corrected chi connectivity index (χ4v) is 6.99. The summed E-state index contributed by atoms with van der Waals surface area (Å²) in [6.45, 7) is 1.03. The molecule has 2 aliphatic rings. The zero-order valence-corrected chi connectivity index (χ0v) is 34.1. The van der Waals surface area contributed by atoms with Crippen LogP contribution in [0.3, 0.4) is 0 Å². The van der Waals surface area contributed by atoms with Crippen molar-refractivity contribution in [2.75, 3.05) is 33.3 Å². The van der Waals surface area contributed by atoms with Crippen LogP contribution < -0.4 is 15.4 Å². The van der Waals surface area contributed by atoms with Crippen molar-refractivity contribution in [1.29, 1.82) is 0 Å². The van der Waals surface area contributed by atoms with Gasteiger partial charge in [-0.1, -0.05) is 79.2 Å². The van der Waals surface area contributed by atoms with Crippen molar-refractivity contribution in [2.24, 2.45) is 0 Å². The highest BCUT2D eigenvalue weighted by Gasteiger charge is 2.41. The first-order chi connectivity index (χ1) is 29.1. The van der Waals surface area contributed by atoms with Gasteiger partial charge >= 0.3 is 24.3 Å². The van der Waals surface area contributed by atoms with Gasteiger partial charge in [0.25, 0.3) is 0 Å². The highest BCUT2D eigenvalue weighted by molar-refractivity contribution is 5.93. The molecular weight excluding hydrogens is 776 g/mol. The second-order valence-corrected chi connectivity index (χ2v) is 14.6. The summed E-state index contributed by atoms with van der Waals surface area (Å²) in [5.41, 5.74) is 2.28. The van der Waals surface area contributed by atoms with Gasteiger partial charge in [-0.25, -0.2) is 14.4 Å². The van der Waals surface area contributed by atoms with Crippen LogP contribution in [0.2, 0.25) is 0 Å². The molecule has 1 aliphatic carbocycles. The van der Waals surface area contributed by atoms with E-state index in [1.54, 1.807) is 36.4 Å². The van der Waals surface area contributed by atoms with E-state index in [0.29, 0.717) is 11.3 Å². The first-order valence-corrected chi connectivity index (χ1v) is 20.3. The molecule has 4 amide bonds. The fourth-order valence-electron chi connectivity index (χ4n) is 6.99. The molecule has 5 rings (SSSR count). The normalized spacial score (nSPS) is 16.4. The SMILES string of the molecule is COc1ccc(CC(NC(=O)OCc2ccccc2)C(=O)N2CCN(CC(=O)OC(C)OC(=O)OC3CCCCC3)C(=O)C2CCCNC(=O)OCc2ccccc2)cc1. The molecule has 16 nitrogen and oxygen atoms in total. The third-order valence-corrected chi connectivity index (χ3v) is 10.1. The van der Waals surface area contributed by atoms with Crippen molar-refractivity contribution < 1.29 is 57.2 Å². The minimum Gasteiger partial charge on any atom is -0.497 e. The van der Waals surface area contributed by atoms with Gasteiger partial charge in [0.2, 0.25) is 18.1 Å². The molecule has 2 N–H and O–H groups in total. The Morgan fingerprint density at radius 3 is 2.03 bits per heavy atom. The zero-order chi connectivity index (χ0) is 42.7. The van der Waals surface area contributed by atoms with E-state index in [1.807, 2.05) is 48.5 Å². The van der Waals surface area contributed by atoms with Gasteiger partial charge in [0.1, 0.15) is 43.7 Å². The highest BCUT2D eigenvalue weighted by atomic mass is 16.8. The Balaban J connectivity index is 1.25. The molecule has 1 saturated carbocycles. The molecule has 0 aromatic heterocycles. The van der Waals surface area contributed by atoms with Crippen molar-refractivity contribution in [2.45, 2.75) is 96.0 Å².